The summed E-state index contributed by atoms with van der Waals surface area (Å²) in [7, 11) is 0. The van der Waals surface area contributed by atoms with E-state index < -0.39 is 5.41 Å². The summed E-state index contributed by atoms with van der Waals surface area (Å²) in [5, 5.41) is 2.89. The Bertz CT molecular complexity index is 935. The van der Waals surface area contributed by atoms with Gasteiger partial charge in [-0.3, -0.25) is 4.79 Å². The van der Waals surface area contributed by atoms with Gasteiger partial charge in [0.15, 0.2) is 5.65 Å². The number of imidazole rings is 1. The highest BCUT2D eigenvalue weighted by atomic mass is 79.9. The van der Waals surface area contributed by atoms with Crippen molar-refractivity contribution in [2.75, 3.05) is 11.2 Å². The van der Waals surface area contributed by atoms with Crippen LogP contribution < -0.4 is 5.32 Å². The molecule has 4 nitrogen and oxygen atoms in total. The van der Waals surface area contributed by atoms with Gasteiger partial charge in [0.25, 0.3) is 0 Å². The first-order valence-corrected chi connectivity index (χ1v) is 9.74. The van der Waals surface area contributed by atoms with Gasteiger partial charge in [0.1, 0.15) is 0 Å². The van der Waals surface area contributed by atoms with Crippen LogP contribution in [0.2, 0.25) is 0 Å². The molecule has 1 N–H and O–H groups in total. The number of aromatic nitrogens is 2. The summed E-state index contributed by atoms with van der Waals surface area (Å²) in [6.07, 6.45) is 3.93. The largest absolute Gasteiger partial charge is 0.326 e. The third-order valence-electron chi connectivity index (χ3n) is 3.86. The average Bonchev–Trinajstić information content (AvgIpc) is 2.99. The van der Waals surface area contributed by atoms with Gasteiger partial charge >= 0.3 is 0 Å². The number of alkyl halides is 1. The van der Waals surface area contributed by atoms with Crippen LogP contribution in [-0.4, -0.2) is 21.2 Å². The number of nitrogens with one attached hydrogen (secondary N) is 1. The minimum atomic E-state index is -0.610. The molecule has 0 aliphatic heterocycles. The molecule has 2 aromatic heterocycles. The zero-order valence-electron chi connectivity index (χ0n) is 13.7. The Kier molecular flexibility index (Phi) is 5.23. The summed E-state index contributed by atoms with van der Waals surface area (Å²) in [4.78, 5) is 16.8. The first kappa shape index (κ1) is 18.4. The molecular formula is C18H16Br2ClN3O. The predicted molar refractivity (Wildman–Crippen MR) is 109 cm³/mol. The molecule has 130 valence electrons. The lowest BCUT2D eigenvalue weighted by Gasteiger charge is -2.20. The highest BCUT2D eigenvalue weighted by Gasteiger charge is 2.26. The van der Waals surface area contributed by atoms with Crippen LogP contribution in [0.3, 0.4) is 0 Å². The van der Waals surface area contributed by atoms with E-state index in [9.17, 15) is 4.79 Å². The molecule has 0 radical (unpaired) electrons. The topological polar surface area (TPSA) is 46.4 Å². The van der Waals surface area contributed by atoms with Crippen molar-refractivity contribution in [1.82, 2.24) is 9.38 Å². The van der Waals surface area contributed by atoms with Gasteiger partial charge in [-0.15, -0.1) is 11.6 Å². The van der Waals surface area contributed by atoms with Crippen molar-refractivity contribution in [2.45, 2.75) is 13.8 Å². The maximum absolute atomic E-state index is 12.2. The minimum Gasteiger partial charge on any atom is -0.326 e. The number of fused-ring (bicyclic) bond motifs is 1. The predicted octanol–water partition coefficient (Wildman–Crippen LogP) is 5.73. The quantitative estimate of drug-likeness (QED) is 0.480. The summed E-state index contributed by atoms with van der Waals surface area (Å²) in [6, 6.07) is 9.57. The van der Waals surface area contributed by atoms with Crippen molar-refractivity contribution in [3.05, 3.63) is 51.7 Å². The van der Waals surface area contributed by atoms with Gasteiger partial charge in [0.2, 0.25) is 5.91 Å². The molecule has 0 atom stereocenters. The summed E-state index contributed by atoms with van der Waals surface area (Å²) in [5.41, 5.74) is 2.81. The smallest absolute Gasteiger partial charge is 0.231 e. The lowest BCUT2D eigenvalue weighted by molar-refractivity contribution is -0.122. The molecule has 0 fully saturated rings. The lowest BCUT2D eigenvalue weighted by atomic mass is 9.95. The lowest BCUT2D eigenvalue weighted by Crippen LogP contribution is -2.32. The molecule has 0 unspecified atom stereocenters. The molecule has 3 rings (SSSR count). The van der Waals surface area contributed by atoms with E-state index in [2.05, 4.69) is 42.2 Å². The highest BCUT2D eigenvalue weighted by Crippen LogP contribution is 2.27. The number of halogens is 3. The number of carbonyl (C=O) groups is 1. The number of hydrogen-bond donors (Lipinski definition) is 1. The summed E-state index contributed by atoms with van der Waals surface area (Å²) >= 11 is 12.8. The van der Waals surface area contributed by atoms with Crippen LogP contribution in [0.15, 0.2) is 51.7 Å². The van der Waals surface area contributed by atoms with Crippen LogP contribution in [0.1, 0.15) is 13.8 Å². The van der Waals surface area contributed by atoms with Gasteiger partial charge < -0.3 is 9.72 Å². The van der Waals surface area contributed by atoms with Crippen molar-refractivity contribution in [1.29, 1.82) is 0 Å². The third-order valence-corrected chi connectivity index (χ3v) is 5.55. The van der Waals surface area contributed by atoms with Crippen molar-refractivity contribution in [3.63, 3.8) is 0 Å². The van der Waals surface area contributed by atoms with Crippen LogP contribution in [-0.2, 0) is 4.79 Å². The number of rotatable bonds is 4. The van der Waals surface area contributed by atoms with Gasteiger partial charge in [0, 0.05) is 34.0 Å². The van der Waals surface area contributed by atoms with Crippen molar-refractivity contribution < 1.29 is 4.79 Å². The fraction of sp³-hybridized carbons (Fsp3) is 0.222. The molecule has 3 aromatic rings. The van der Waals surface area contributed by atoms with Crippen molar-refractivity contribution >= 4 is 60.7 Å². The van der Waals surface area contributed by atoms with Crippen LogP contribution >= 0.6 is 43.5 Å². The van der Waals surface area contributed by atoms with Crippen molar-refractivity contribution in [2.24, 2.45) is 5.41 Å². The van der Waals surface area contributed by atoms with Gasteiger partial charge in [-0.05, 0) is 63.9 Å². The summed E-state index contributed by atoms with van der Waals surface area (Å²) in [5.74, 6) is 0.166. The van der Waals surface area contributed by atoms with E-state index in [1.807, 2.05) is 61.0 Å². The number of benzene rings is 1. The third kappa shape index (κ3) is 3.91. The molecule has 0 aliphatic carbocycles. The Morgan fingerprint density at radius 1 is 1.24 bits per heavy atom. The molecule has 0 saturated carbocycles. The number of amides is 1. The van der Waals surface area contributed by atoms with Crippen LogP contribution in [0.25, 0.3) is 16.9 Å². The summed E-state index contributed by atoms with van der Waals surface area (Å²) in [6.45, 7) is 3.63. The number of anilines is 1. The second-order valence-corrected chi connectivity index (χ2v) is 8.45. The molecule has 0 aliphatic rings. The molecular weight excluding hydrogens is 469 g/mol. The average molecular weight is 486 g/mol. The zero-order valence-corrected chi connectivity index (χ0v) is 17.6. The molecule has 0 bridgehead atoms. The normalized spacial score (nSPS) is 11.7. The van der Waals surface area contributed by atoms with Crippen LogP contribution in [0.5, 0.6) is 0 Å². The first-order valence-electron chi connectivity index (χ1n) is 7.62. The minimum absolute atomic E-state index is 0.100. The first-order chi connectivity index (χ1) is 11.8. The molecule has 0 saturated heterocycles. The van der Waals surface area contributed by atoms with E-state index in [-0.39, 0.29) is 11.8 Å². The van der Waals surface area contributed by atoms with Gasteiger partial charge in [-0.2, -0.15) is 0 Å². The monoisotopic (exact) mass is 483 g/mol. The Morgan fingerprint density at radius 2 is 1.92 bits per heavy atom. The molecule has 1 amide bonds. The van der Waals surface area contributed by atoms with Crippen LogP contribution in [0.4, 0.5) is 5.69 Å². The van der Waals surface area contributed by atoms with Gasteiger partial charge in [0.05, 0.1) is 15.6 Å². The second-order valence-electron chi connectivity index (χ2n) is 6.41. The molecule has 25 heavy (non-hydrogen) atoms. The second kappa shape index (κ2) is 7.09. The number of hydrogen-bond acceptors (Lipinski definition) is 2. The molecule has 0 spiro atoms. The van der Waals surface area contributed by atoms with Gasteiger partial charge in [-0.25, -0.2) is 4.98 Å². The zero-order chi connectivity index (χ0) is 18.2. The maximum atomic E-state index is 12.2. The molecule has 7 heteroatoms. The number of carbonyl (C=O) groups excluding carboxylic acids is 1. The Hall–Kier alpha value is -1.37. The maximum Gasteiger partial charge on any atom is 0.231 e. The van der Waals surface area contributed by atoms with E-state index in [1.165, 1.54) is 0 Å². The van der Waals surface area contributed by atoms with Crippen LogP contribution in [0, 0.1) is 5.41 Å². The van der Waals surface area contributed by atoms with E-state index in [4.69, 9.17) is 11.6 Å². The van der Waals surface area contributed by atoms with E-state index in [0.29, 0.717) is 0 Å². The number of pyridine rings is 1. The SMILES string of the molecule is CC(C)(CCl)C(=O)Nc1ccc(-c2cn3cc(Br)cc(Br)c3n2)cc1. The van der Waals surface area contributed by atoms with Crippen molar-refractivity contribution in [3.8, 4) is 11.3 Å². The Labute approximate surface area is 167 Å². The Balaban J connectivity index is 1.85. The highest BCUT2D eigenvalue weighted by molar-refractivity contribution is 9.11. The molecule has 2 heterocycles. The van der Waals surface area contributed by atoms with Gasteiger partial charge in [-0.1, -0.05) is 12.1 Å². The standard InChI is InChI=1S/C18H16Br2ClN3O/c1-18(2,10-21)17(25)22-13-5-3-11(4-6-13)15-9-24-8-12(19)7-14(20)16(24)23-15/h3-9H,10H2,1-2H3,(H,22,25). The summed E-state index contributed by atoms with van der Waals surface area (Å²) < 4.78 is 3.85. The van der Waals surface area contributed by atoms with E-state index in [0.717, 1.165) is 31.5 Å². The fourth-order valence-electron chi connectivity index (χ4n) is 2.25. The van der Waals surface area contributed by atoms with E-state index in [1.54, 1.807) is 0 Å². The Morgan fingerprint density at radius 3 is 2.56 bits per heavy atom. The van der Waals surface area contributed by atoms with E-state index >= 15 is 0 Å². The number of nitrogens with zero attached hydrogens (tertiary/aromatic N) is 2. The molecule has 1 aromatic carbocycles. The fourth-order valence-corrected chi connectivity index (χ4v) is 3.67.